The molecule has 0 amide bonds. The van der Waals surface area contributed by atoms with Gasteiger partial charge in [-0.05, 0) is 0 Å². The zero-order chi connectivity index (χ0) is 14.5. The van der Waals surface area contributed by atoms with Gasteiger partial charge >= 0.3 is 0 Å². The molecule has 0 unspecified atom stereocenters. The molecule has 1 aromatic rings. The Morgan fingerprint density at radius 2 is 1.79 bits per heavy atom. The van der Waals surface area contributed by atoms with E-state index in [4.69, 9.17) is 0 Å². The normalized spacial score (nSPS) is 11.2. The molecule has 0 radical (unpaired) electrons. The van der Waals surface area contributed by atoms with E-state index in [1.54, 1.807) is 7.05 Å². The first-order valence-electron chi connectivity index (χ1n) is 5.45. The van der Waals surface area contributed by atoms with Gasteiger partial charge in [-0.15, -0.1) is 0 Å². The Hall–Kier alpha value is -1.97. The first-order chi connectivity index (χ1) is 9.00. The minimum absolute atomic E-state index is 0.0655. The van der Waals surface area contributed by atoms with Gasteiger partial charge in [-0.1, -0.05) is 0 Å². The standard InChI is InChI=1S/C10H16N4O5/c1-11-8-2-7(14(18)19)3-9(12-8)13-10(4-15,5-16)6-17/h2-3,15-17H,4-6H2,1H3,(H2,11,12,13). The number of pyridine rings is 1. The summed E-state index contributed by atoms with van der Waals surface area (Å²) in [6.07, 6.45) is 0. The summed E-state index contributed by atoms with van der Waals surface area (Å²) in [6.45, 7) is -1.67. The van der Waals surface area contributed by atoms with Crippen molar-refractivity contribution in [3.63, 3.8) is 0 Å². The summed E-state index contributed by atoms with van der Waals surface area (Å²) in [4.78, 5) is 14.2. The number of aliphatic hydroxyl groups is 3. The van der Waals surface area contributed by atoms with Crippen molar-refractivity contribution in [2.75, 3.05) is 37.5 Å². The van der Waals surface area contributed by atoms with E-state index >= 15 is 0 Å². The number of hydrogen-bond acceptors (Lipinski definition) is 8. The number of aromatic nitrogens is 1. The Labute approximate surface area is 109 Å². The molecule has 0 aliphatic carbocycles. The maximum atomic E-state index is 10.8. The Balaban J connectivity index is 3.12. The van der Waals surface area contributed by atoms with Crippen molar-refractivity contribution in [3.8, 4) is 0 Å². The van der Waals surface area contributed by atoms with Crippen molar-refractivity contribution in [1.82, 2.24) is 4.98 Å². The predicted octanol–water partition coefficient (Wildman–Crippen LogP) is -0.841. The smallest absolute Gasteiger partial charge is 0.276 e. The summed E-state index contributed by atoms with van der Waals surface area (Å²) < 4.78 is 0. The maximum Gasteiger partial charge on any atom is 0.276 e. The molecule has 0 aliphatic heterocycles. The molecule has 0 fully saturated rings. The van der Waals surface area contributed by atoms with Crippen LogP contribution in [0, 0.1) is 10.1 Å². The first kappa shape index (κ1) is 15.1. The van der Waals surface area contributed by atoms with Crippen molar-refractivity contribution >= 4 is 17.3 Å². The monoisotopic (exact) mass is 272 g/mol. The van der Waals surface area contributed by atoms with Crippen LogP contribution in [-0.4, -0.2) is 57.6 Å². The highest BCUT2D eigenvalue weighted by molar-refractivity contribution is 5.55. The number of nitro groups is 1. The lowest BCUT2D eigenvalue weighted by Gasteiger charge is -2.29. The van der Waals surface area contributed by atoms with E-state index in [0.717, 1.165) is 6.07 Å². The zero-order valence-electron chi connectivity index (χ0n) is 10.3. The Morgan fingerprint density at radius 1 is 1.26 bits per heavy atom. The number of rotatable bonds is 7. The van der Waals surface area contributed by atoms with Gasteiger partial charge in [-0.2, -0.15) is 0 Å². The topological polar surface area (TPSA) is 141 Å². The minimum atomic E-state index is -1.40. The van der Waals surface area contributed by atoms with E-state index in [0.29, 0.717) is 0 Å². The molecule has 19 heavy (non-hydrogen) atoms. The van der Waals surface area contributed by atoms with Gasteiger partial charge in [0, 0.05) is 7.05 Å². The summed E-state index contributed by atoms with van der Waals surface area (Å²) in [5.74, 6) is 0.315. The second-order valence-corrected chi connectivity index (χ2v) is 3.98. The van der Waals surface area contributed by atoms with Crippen LogP contribution in [0.4, 0.5) is 17.3 Å². The van der Waals surface area contributed by atoms with Crippen molar-refractivity contribution < 1.29 is 20.2 Å². The Bertz CT molecular complexity index is 441. The molecule has 9 heteroatoms. The van der Waals surface area contributed by atoms with Crippen LogP contribution in [0.25, 0.3) is 0 Å². The number of aliphatic hydroxyl groups excluding tert-OH is 3. The molecule has 1 aromatic heterocycles. The summed E-state index contributed by atoms with van der Waals surface area (Å²) in [5.41, 5.74) is -1.60. The van der Waals surface area contributed by atoms with Gasteiger partial charge < -0.3 is 26.0 Å². The summed E-state index contributed by atoms with van der Waals surface area (Å²) in [5, 5.41) is 43.6. The van der Waals surface area contributed by atoms with Crippen LogP contribution < -0.4 is 10.6 Å². The van der Waals surface area contributed by atoms with Crippen LogP contribution in [0.1, 0.15) is 0 Å². The minimum Gasteiger partial charge on any atom is -0.394 e. The van der Waals surface area contributed by atoms with Crippen LogP contribution >= 0.6 is 0 Å². The molecular formula is C10H16N4O5. The van der Waals surface area contributed by atoms with Crippen LogP contribution in [0.2, 0.25) is 0 Å². The molecule has 0 saturated carbocycles. The molecule has 0 aliphatic rings. The van der Waals surface area contributed by atoms with Gasteiger partial charge in [0.25, 0.3) is 5.69 Å². The molecule has 0 bridgehead atoms. The van der Waals surface area contributed by atoms with Gasteiger partial charge in [0.15, 0.2) is 0 Å². The second kappa shape index (κ2) is 6.27. The fourth-order valence-corrected chi connectivity index (χ4v) is 1.35. The lowest BCUT2D eigenvalue weighted by molar-refractivity contribution is -0.384. The zero-order valence-corrected chi connectivity index (χ0v) is 10.3. The number of hydrogen-bond donors (Lipinski definition) is 5. The van der Waals surface area contributed by atoms with Gasteiger partial charge in [0.1, 0.15) is 17.2 Å². The van der Waals surface area contributed by atoms with Gasteiger partial charge in [0.05, 0.1) is 36.9 Å². The van der Waals surface area contributed by atoms with Gasteiger partial charge in [-0.25, -0.2) is 4.98 Å². The van der Waals surface area contributed by atoms with Crippen LogP contribution in [0.3, 0.4) is 0 Å². The van der Waals surface area contributed by atoms with Crippen LogP contribution in [-0.2, 0) is 0 Å². The third kappa shape index (κ3) is 3.50. The number of nitrogens with zero attached hydrogens (tertiary/aromatic N) is 2. The molecule has 106 valence electrons. The van der Waals surface area contributed by atoms with Crippen LogP contribution in [0.5, 0.6) is 0 Å². The van der Waals surface area contributed by atoms with E-state index < -0.39 is 30.3 Å². The summed E-state index contributed by atoms with van der Waals surface area (Å²) >= 11 is 0. The lowest BCUT2D eigenvalue weighted by atomic mass is 10.0. The highest BCUT2D eigenvalue weighted by Gasteiger charge is 2.29. The van der Waals surface area contributed by atoms with Crippen molar-refractivity contribution in [2.24, 2.45) is 0 Å². The molecule has 0 saturated heterocycles. The highest BCUT2D eigenvalue weighted by atomic mass is 16.6. The lowest BCUT2D eigenvalue weighted by Crippen LogP contribution is -2.49. The van der Waals surface area contributed by atoms with E-state index in [2.05, 4.69) is 15.6 Å². The average Bonchev–Trinajstić information content (AvgIpc) is 2.44. The number of anilines is 2. The fraction of sp³-hybridized carbons (Fsp3) is 0.500. The van der Waals surface area contributed by atoms with Gasteiger partial charge in [0.2, 0.25) is 0 Å². The largest absolute Gasteiger partial charge is 0.394 e. The van der Waals surface area contributed by atoms with Crippen molar-refractivity contribution in [1.29, 1.82) is 0 Å². The first-order valence-corrected chi connectivity index (χ1v) is 5.45. The van der Waals surface area contributed by atoms with Crippen molar-refractivity contribution in [3.05, 3.63) is 22.2 Å². The predicted molar refractivity (Wildman–Crippen MR) is 68.0 cm³/mol. The molecule has 1 heterocycles. The Morgan fingerprint density at radius 3 is 2.21 bits per heavy atom. The average molecular weight is 272 g/mol. The molecule has 0 aromatic carbocycles. The summed E-state index contributed by atoms with van der Waals surface area (Å²) in [6, 6.07) is 2.39. The van der Waals surface area contributed by atoms with Crippen molar-refractivity contribution in [2.45, 2.75) is 5.54 Å². The quantitative estimate of drug-likeness (QED) is 0.319. The third-order valence-corrected chi connectivity index (χ3v) is 2.58. The van der Waals surface area contributed by atoms with E-state index in [9.17, 15) is 25.4 Å². The molecule has 0 atom stereocenters. The number of nitrogens with one attached hydrogen (secondary N) is 2. The maximum absolute atomic E-state index is 10.8. The Kier molecular flexibility index (Phi) is 4.98. The van der Waals surface area contributed by atoms with Crippen LogP contribution in [0.15, 0.2) is 12.1 Å². The van der Waals surface area contributed by atoms with Gasteiger partial charge in [-0.3, -0.25) is 10.1 Å². The third-order valence-electron chi connectivity index (χ3n) is 2.58. The molecule has 0 spiro atoms. The van der Waals surface area contributed by atoms with E-state index in [-0.39, 0.29) is 17.3 Å². The van der Waals surface area contributed by atoms with E-state index in [1.807, 2.05) is 0 Å². The summed E-state index contributed by atoms with van der Waals surface area (Å²) in [7, 11) is 1.55. The fourth-order valence-electron chi connectivity index (χ4n) is 1.35. The SMILES string of the molecule is CNc1cc([N+](=O)[O-])cc(NC(CO)(CO)CO)n1. The van der Waals surface area contributed by atoms with E-state index in [1.165, 1.54) is 6.07 Å². The molecule has 5 N–H and O–H groups in total. The highest BCUT2D eigenvalue weighted by Crippen LogP contribution is 2.22. The molecule has 9 nitrogen and oxygen atoms in total. The molecular weight excluding hydrogens is 256 g/mol. The molecule has 1 rings (SSSR count). The second-order valence-electron chi connectivity index (χ2n) is 3.98.